The van der Waals surface area contributed by atoms with E-state index in [0.29, 0.717) is 30.9 Å². The number of phenols is 2. The molecule has 4 unspecified atom stereocenters. The summed E-state index contributed by atoms with van der Waals surface area (Å²) in [5.74, 6) is -0.0947. The number of rotatable bonds is 6. The monoisotopic (exact) mass is 590 g/mol. The summed E-state index contributed by atoms with van der Waals surface area (Å²) in [5, 5.41) is 24.3. The van der Waals surface area contributed by atoms with E-state index in [1.807, 2.05) is 62.4 Å². The van der Waals surface area contributed by atoms with Gasteiger partial charge in [-0.2, -0.15) is 0 Å². The third-order valence-corrected chi connectivity index (χ3v) is 9.27. The average molecular weight is 592 g/mol. The first-order valence-electron chi connectivity index (χ1n) is 14.1. The molecule has 6 nitrogen and oxygen atoms in total. The molecule has 2 heterocycles. The van der Waals surface area contributed by atoms with Crippen LogP contribution in [0.4, 0.5) is 11.4 Å². The fraction of sp³-hybridized carbons (Fsp3) is 0.333. The van der Waals surface area contributed by atoms with Gasteiger partial charge in [0, 0.05) is 71.4 Å². The molecule has 0 saturated heterocycles. The molecule has 0 radical (unpaired) electrons. The maximum absolute atomic E-state index is 13.5. The van der Waals surface area contributed by atoms with E-state index in [1.165, 1.54) is 0 Å². The van der Waals surface area contributed by atoms with E-state index in [1.54, 1.807) is 21.9 Å². The van der Waals surface area contributed by atoms with E-state index in [9.17, 15) is 19.8 Å². The lowest BCUT2D eigenvalue weighted by atomic mass is 9.92. The molecule has 2 aliphatic rings. The minimum absolute atomic E-state index is 0.0687. The molecular formula is C33H32Cl2N2O4. The van der Waals surface area contributed by atoms with E-state index in [2.05, 4.69) is 0 Å². The Morgan fingerprint density at radius 3 is 1.46 bits per heavy atom. The largest absolute Gasteiger partial charge is 0.507 e. The highest BCUT2D eigenvalue weighted by Crippen LogP contribution is 2.48. The lowest BCUT2D eigenvalue weighted by molar-refractivity contribution is -0.119. The molecule has 6 rings (SSSR count). The summed E-state index contributed by atoms with van der Waals surface area (Å²) < 4.78 is 0. The second-order valence-corrected chi connectivity index (χ2v) is 12.6. The van der Waals surface area contributed by atoms with E-state index in [-0.39, 0.29) is 58.7 Å². The maximum atomic E-state index is 13.5. The van der Waals surface area contributed by atoms with Gasteiger partial charge < -0.3 is 20.0 Å². The van der Waals surface area contributed by atoms with Gasteiger partial charge in [-0.15, -0.1) is 23.2 Å². The number of alkyl halides is 2. The molecule has 41 heavy (non-hydrogen) atoms. The number of benzene rings is 4. The van der Waals surface area contributed by atoms with Crippen LogP contribution in [0.15, 0.2) is 60.7 Å². The fourth-order valence-electron chi connectivity index (χ4n) is 6.61. The normalized spacial score (nSPS) is 19.4. The predicted octanol–water partition coefficient (Wildman–Crippen LogP) is 7.39. The highest BCUT2D eigenvalue weighted by Gasteiger charge is 2.38. The first-order valence-corrected chi connectivity index (χ1v) is 14.9. The van der Waals surface area contributed by atoms with Crippen molar-refractivity contribution in [1.82, 2.24) is 0 Å². The van der Waals surface area contributed by atoms with Gasteiger partial charge in [0.2, 0.25) is 11.8 Å². The summed E-state index contributed by atoms with van der Waals surface area (Å²) in [4.78, 5) is 30.4. The number of carbonyl (C=O) groups is 2. The van der Waals surface area contributed by atoms with Crippen LogP contribution in [0.1, 0.15) is 56.1 Å². The Morgan fingerprint density at radius 2 is 1.10 bits per heavy atom. The molecule has 2 amide bonds. The summed E-state index contributed by atoms with van der Waals surface area (Å²) in [6, 6.07) is 18.6. The second kappa shape index (κ2) is 10.7. The van der Waals surface area contributed by atoms with Gasteiger partial charge in [-0.3, -0.25) is 9.59 Å². The van der Waals surface area contributed by atoms with Crippen molar-refractivity contribution in [3.8, 4) is 11.5 Å². The first kappa shape index (κ1) is 27.7. The molecule has 4 atom stereocenters. The third kappa shape index (κ3) is 4.67. The molecule has 4 aromatic rings. The number of amides is 2. The highest BCUT2D eigenvalue weighted by molar-refractivity contribution is 6.22. The number of fused-ring (bicyclic) bond motifs is 6. The fourth-order valence-corrected chi connectivity index (χ4v) is 7.02. The van der Waals surface area contributed by atoms with Crippen molar-refractivity contribution in [2.45, 2.75) is 55.7 Å². The van der Waals surface area contributed by atoms with Crippen molar-refractivity contribution >= 4 is 67.9 Å². The highest BCUT2D eigenvalue weighted by atomic mass is 35.5. The van der Waals surface area contributed by atoms with Gasteiger partial charge in [0.1, 0.15) is 11.5 Å². The second-order valence-electron chi connectivity index (χ2n) is 11.2. The molecule has 2 N–H and O–H groups in total. The van der Waals surface area contributed by atoms with Gasteiger partial charge in [-0.25, -0.2) is 0 Å². The zero-order valence-electron chi connectivity index (χ0n) is 23.0. The average Bonchev–Trinajstić information content (AvgIpc) is 3.53. The zero-order valence-corrected chi connectivity index (χ0v) is 24.5. The summed E-state index contributed by atoms with van der Waals surface area (Å²) in [5.41, 5.74) is 3.33. The number of carbonyl (C=O) groups excluding carboxylic acids is 2. The molecular weight excluding hydrogens is 559 g/mol. The SMILES string of the molecule is CC(Cl)C1CN(C(=O)CCCC(=O)N2CC(C(C)Cl)c3c2cc(O)c2ccccc32)c2cc(O)c3ccccc3c21. The van der Waals surface area contributed by atoms with E-state index < -0.39 is 0 Å². The van der Waals surface area contributed by atoms with Crippen molar-refractivity contribution in [3.05, 3.63) is 71.8 Å². The molecule has 0 aromatic heterocycles. The zero-order chi connectivity index (χ0) is 29.0. The van der Waals surface area contributed by atoms with Crippen molar-refractivity contribution in [3.63, 3.8) is 0 Å². The molecule has 0 bridgehead atoms. The molecule has 0 fully saturated rings. The van der Waals surface area contributed by atoms with Gasteiger partial charge in [0.25, 0.3) is 0 Å². The van der Waals surface area contributed by atoms with Gasteiger partial charge in [0.05, 0.1) is 11.4 Å². The molecule has 0 spiro atoms. The van der Waals surface area contributed by atoms with Crippen LogP contribution >= 0.6 is 23.2 Å². The maximum Gasteiger partial charge on any atom is 0.227 e. The number of hydrogen-bond acceptors (Lipinski definition) is 4. The Morgan fingerprint density at radius 1 is 0.732 bits per heavy atom. The summed E-state index contributed by atoms with van der Waals surface area (Å²) in [7, 11) is 0. The van der Waals surface area contributed by atoms with Crippen LogP contribution in [0.3, 0.4) is 0 Å². The summed E-state index contributed by atoms with van der Waals surface area (Å²) >= 11 is 13.2. The lowest BCUT2D eigenvalue weighted by Gasteiger charge is -2.20. The number of aromatic hydroxyl groups is 2. The minimum atomic E-state index is -0.207. The summed E-state index contributed by atoms with van der Waals surface area (Å²) in [6.07, 6.45) is 0.735. The van der Waals surface area contributed by atoms with Crippen LogP contribution in [0, 0.1) is 0 Å². The van der Waals surface area contributed by atoms with Crippen LogP contribution < -0.4 is 9.80 Å². The quantitative estimate of drug-likeness (QED) is 0.229. The van der Waals surface area contributed by atoms with Crippen LogP contribution in [-0.4, -0.2) is 45.9 Å². The first-order chi connectivity index (χ1) is 19.7. The topological polar surface area (TPSA) is 81.1 Å². The smallest absolute Gasteiger partial charge is 0.227 e. The summed E-state index contributed by atoms with van der Waals surface area (Å²) in [6.45, 7) is 4.71. The molecule has 212 valence electrons. The van der Waals surface area contributed by atoms with Crippen molar-refractivity contribution < 1.29 is 19.8 Å². The van der Waals surface area contributed by atoms with E-state index >= 15 is 0 Å². The molecule has 0 aliphatic carbocycles. The Labute approximate surface area is 249 Å². The van der Waals surface area contributed by atoms with Crippen LogP contribution in [-0.2, 0) is 9.59 Å². The Bertz CT molecular complexity index is 1560. The van der Waals surface area contributed by atoms with Crippen LogP contribution in [0.2, 0.25) is 0 Å². The lowest BCUT2D eigenvalue weighted by Crippen LogP contribution is -2.32. The van der Waals surface area contributed by atoms with Crippen LogP contribution in [0.25, 0.3) is 21.5 Å². The Balaban J connectivity index is 1.20. The predicted molar refractivity (Wildman–Crippen MR) is 166 cm³/mol. The molecule has 4 aromatic carbocycles. The van der Waals surface area contributed by atoms with E-state index in [0.717, 1.165) is 32.7 Å². The van der Waals surface area contributed by atoms with Gasteiger partial charge >= 0.3 is 0 Å². The van der Waals surface area contributed by atoms with E-state index in [4.69, 9.17) is 23.2 Å². The van der Waals surface area contributed by atoms with Crippen LogP contribution in [0.5, 0.6) is 11.5 Å². The number of halogens is 2. The third-order valence-electron chi connectivity index (χ3n) is 8.66. The van der Waals surface area contributed by atoms with Crippen molar-refractivity contribution in [2.24, 2.45) is 0 Å². The standard InChI is InChI=1S/C33H32Cl2N2O4/c1-18(34)24-16-36(26-14-28(38)20-8-3-5-10-22(20)32(24)26)30(40)12-7-13-31(41)37-17-25(19(2)35)33-23-11-6-4-9-21(23)29(39)15-27(33)37/h3-6,8-11,14-15,18-19,24-25,38-39H,7,12-13,16-17H2,1-2H3. The minimum Gasteiger partial charge on any atom is -0.507 e. The molecule has 8 heteroatoms. The van der Waals surface area contributed by atoms with Crippen molar-refractivity contribution in [1.29, 1.82) is 0 Å². The number of hydrogen-bond donors (Lipinski definition) is 2. The molecule has 2 aliphatic heterocycles. The Hall–Kier alpha value is -3.48. The van der Waals surface area contributed by atoms with Gasteiger partial charge in [0.15, 0.2) is 0 Å². The number of anilines is 2. The molecule has 0 saturated carbocycles. The number of phenolic OH excluding ortho intramolecular Hbond substituents is 2. The number of nitrogens with zero attached hydrogens (tertiary/aromatic N) is 2. The Kier molecular flexibility index (Phi) is 7.25. The van der Waals surface area contributed by atoms with Gasteiger partial charge in [-0.05, 0) is 42.2 Å². The van der Waals surface area contributed by atoms with Gasteiger partial charge in [-0.1, -0.05) is 48.5 Å². The van der Waals surface area contributed by atoms with Crippen molar-refractivity contribution in [2.75, 3.05) is 22.9 Å².